The fourth-order valence-electron chi connectivity index (χ4n) is 7.55. The van der Waals surface area contributed by atoms with Crippen LogP contribution in [0.25, 0.3) is 37.6 Å². The van der Waals surface area contributed by atoms with E-state index in [1.807, 2.05) is 4.90 Å². The lowest BCUT2D eigenvalue weighted by Crippen LogP contribution is -2.56. The van der Waals surface area contributed by atoms with Crippen molar-refractivity contribution < 1.29 is 18.3 Å². The molecule has 3 aromatic carbocycles. The number of amides is 1. The van der Waals surface area contributed by atoms with E-state index in [0.717, 1.165) is 38.8 Å². The van der Waals surface area contributed by atoms with E-state index < -0.39 is 17.7 Å². The summed E-state index contributed by atoms with van der Waals surface area (Å²) in [5.74, 6) is -0.945. The SMILES string of the molecule is [C-]#[N+]C[C@H]1CN(c2nc(OCC34CCCN3CCC4)nc3c(F)c(-c4cccc5ccc(F)c(Cl)c45)ccc23)CCN1C(=O)C=C. The van der Waals surface area contributed by atoms with Crippen LogP contribution in [-0.2, 0) is 4.79 Å². The third-order valence-corrected chi connectivity index (χ3v) is 10.2. The van der Waals surface area contributed by atoms with Gasteiger partial charge in [-0.3, -0.25) is 9.69 Å². The van der Waals surface area contributed by atoms with Crippen LogP contribution in [0.3, 0.4) is 0 Å². The molecule has 3 saturated heterocycles. The van der Waals surface area contributed by atoms with E-state index in [1.165, 1.54) is 12.1 Å². The Bertz CT molecular complexity index is 1900. The first-order valence-corrected chi connectivity index (χ1v) is 16.0. The Morgan fingerprint density at radius 1 is 1.09 bits per heavy atom. The van der Waals surface area contributed by atoms with E-state index in [0.29, 0.717) is 53.8 Å². The fraction of sp³-hybridized carbons (Fsp3) is 0.371. The van der Waals surface area contributed by atoms with Crippen molar-refractivity contribution in [2.75, 3.05) is 50.8 Å². The number of rotatable bonds is 7. The van der Waals surface area contributed by atoms with E-state index in [4.69, 9.17) is 27.9 Å². The van der Waals surface area contributed by atoms with Crippen molar-refractivity contribution in [1.29, 1.82) is 0 Å². The maximum absolute atomic E-state index is 16.8. The quantitative estimate of drug-likeness (QED) is 0.169. The largest absolute Gasteiger partial charge is 0.461 e. The topological polar surface area (TPSA) is 66.2 Å². The zero-order chi connectivity index (χ0) is 32.0. The number of carbonyl (C=O) groups excluding carboxylic acids is 1. The molecule has 0 bridgehead atoms. The first kappa shape index (κ1) is 30.3. The molecular weight excluding hydrogens is 610 g/mol. The van der Waals surface area contributed by atoms with Gasteiger partial charge in [-0.25, -0.2) is 15.4 Å². The van der Waals surface area contributed by atoms with Gasteiger partial charge in [0.2, 0.25) is 12.5 Å². The van der Waals surface area contributed by atoms with Crippen molar-refractivity contribution in [1.82, 2.24) is 19.8 Å². The molecule has 1 atom stereocenters. The molecule has 11 heteroatoms. The second-order valence-corrected chi connectivity index (χ2v) is 12.7. The normalized spacial score (nSPS) is 19.4. The maximum atomic E-state index is 16.8. The number of hydrogen-bond donors (Lipinski definition) is 0. The minimum atomic E-state index is -0.599. The molecule has 1 aromatic heterocycles. The Morgan fingerprint density at radius 2 is 1.89 bits per heavy atom. The van der Waals surface area contributed by atoms with Crippen molar-refractivity contribution >= 4 is 45.0 Å². The standard InChI is InChI=1S/C35H33ClF2N6O2/c1-3-28(45)44-18-17-42(20-23(44)19-39-2)33-26-11-10-25(24-8-4-7-22-9-12-27(37)30(36)29(22)24)31(38)32(26)40-34(41-33)46-21-35-13-5-15-43(35)16-6-14-35/h3-4,7-12,23H,1,5-6,13-21H2/t23-/m0/s1. The Hall–Kier alpha value is -4.33. The van der Waals surface area contributed by atoms with Crippen LogP contribution in [0.4, 0.5) is 14.6 Å². The van der Waals surface area contributed by atoms with Gasteiger partial charge in [0.1, 0.15) is 29.8 Å². The zero-order valence-corrected chi connectivity index (χ0v) is 26.1. The number of hydrogen-bond acceptors (Lipinski definition) is 6. The van der Waals surface area contributed by atoms with E-state index in [-0.39, 0.29) is 40.1 Å². The summed E-state index contributed by atoms with van der Waals surface area (Å²) in [4.78, 5) is 31.7. The van der Waals surface area contributed by atoms with Gasteiger partial charge in [0.25, 0.3) is 0 Å². The third kappa shape index (κ3) is 5.12. The zero-order valence-electron chi connectivity index (χ0n) is 25.3. The molecule has 46 heavy (non-hydrogen) atoms. The highest BCUT2D eigenvalue weighted by atomic mass is 35.5. The third-order valence-electron chi connectivity index (χ3n) is 9.81. The van der Waals surface area contributed by atoms with Crippen molar-refractivity contribution in [3.05, 3.63) is 83.2 Å². The summed E-state index contributed by atoms with van der Waals surface area (Å²) < 4.78 is 37.7. The van der Waals surface area contributed by atoms with Gasteiger partial charge in [0.05, 0.1) is 10.6 Å². The number of benzene rings is 3. The van der Waals surface area contributed by atoms with E-state index >= 15 is 4.39 Å². The van der Waals surface area contributed by atoms with Gasteiger partial charge < -0.3 is 19.4 Å². The summed E-state index contributed by atoms with van der Waals surface area (Å²) >= 11 is 6.43. The highest BCUT2D eigenvalue weighted by Crippen LogP contribution is 2.41. The molecule has 236 valence electrons. The molecule has 8 nitrogen and oxygen atoms in total. The van der Waals surface area contributed by atoms with Gasteiger partial charge in [0.15, 0.2) is 5.82 Å². The van der Waals surface area contributed by atoms with Crippen LogP contribution >= 0.6 is 11.6 Å². The van der Waals surface area contributed by atoms with Crippen molar-refractivity contribution in [2.45, 2.75) is 37.3 Å². The molecule has 0 unspecified atom stereocenters. The Morgan fingerprint density at radius 3 is 2.65 bits per heavy atom. The van der Waals surface area contributed by atoms with Gasteiger partial charge in [-0.2, -0.15) is 9.97 Å². The molecule has 1 amide bonds. The lowest BCUT2D eigenvalue weighted by Gasteiger charge is -2.39. The Labute approximate surface area is 271 Å². The molecule has 3 aliphatic rings. The molecule has 0 radical (unpaired) electrons. The van der Waals surface area contributed by atoms with Crippen LogP contribution in [0, 0.1) is 18.2 Å². The molecule has 0 spiro atoms. The number of nitrogens with zero attached hydrogens (tertiary/aromatic N) is 6. The van der Waals surface area contributed by atoms with Gasteiger partial charge in [-0.1, -0.05) is 48.5 Å². The van der Waals surface area contributed by atoms with Crippen LogP contribution in [0.15, 0.2) is 55.1 Å². The molecular formula is C35H33ClF2N6O2. The monoisotopic (exact) mass is 642 g/mol. The van der Waals surface area contributed by atoms with Crippen LogP contribution in [0.2, 0.25) is 5.02 Å². The van der Waals surface area contributed by atoms with Crippen LogP contribution in [-0.4, -0.2) is 83.1 Å². The Kier molecular flexibility index (Phi) is 7.99. The van der Waals surface area contributed by atoms with E-state index in [1.54, 1.807) is 41.3 Å². The Balaban J connectivity index is 1.34. The molecule has 3 aliphatic heterocycles. The number of piperazine rings is 1. The summed E-state index contributed by atoms with van der Waals surface area (Å²) in [6.07, 6.45) is 5.53. The summed E-state index contributed by atoms with van der Waals surface area (Å²) in [5, 5.41) is 1.50. The number of halogens is 3. The lowest BCUT2D eigenvalue weighted by molar-refractivity contribution is -0.128. The van der Waals surface area contributed by atoms with E-state index in [2.05, 4.69) is 21.3 Å². The fourth-order valence-corrected chi connectivity index (χ4v) is 7.82. The van der Waals surface area contributed by atoms with Crippen LogP contribution in [0.1, 0.15) is 25.7 Å². The van der Waals surface area contributed by atoms with Crippen molar-refractivity contribution in [3.8, 4) is 17.1 Å². The lowest BCUT2D eigenvalue weighted by atomic mass is 9.95. The van der Waals surface area contributed by atoms with Gasteiger partial charge in [0, 0.05) is 36.0 Å². The molecule has 0 saturated carbocycles. The minimum absolute atomic E-state index is 0.0694. The van der Waals surface area contributed by atoms with Gasteiger partial charge in [-0.05, 0) is 67.9 Å². The van der Waals surface area contributed by atoms with Crippen molar-refractivity contribution in [2.24, 2.45) is 0 Å². The van der Waals surface area contributed by atoms with Crippen molar-refractivity contribution in [3.63, 3.8) is 0 Å². The van der Waals surface area contributed by atoms with Crippen LogP contribution in [0.5, 0.6) is 6.01 Å². The van der Waals surface area contributed by atoms with Gasteiger partial charge in [-0.15, -0.1) is 0 Å². The smallest absolute Gasteiger partial charge is 0.319 e. The average Bonchev–Trinajstić information content (AvgIpc) is 3.66. The second-order valence-electron chi connectivity index (χ2n) is 12.3. The molecule has 4 heterocycles. The number of anilines is 1. The predicted molar refractivity (Wildman–Crippen MR) is 175 cm³/mol. The summed E-state index contributed by atoms with van der Waals surface area (Å²) in [6.45, 7) is 14.8. The number of fused-ring (bicyclic) bond motifs is 3. The maximum Gasteiger partial charge on any atom is 0.319 e. The number of ether oxygens (including phenoxy) is 1. The first-order chi connectivity index (χ1) is 22.3. The molecule has 0 aliphatic carbocycles. The summed E-state index contributed by atoms with van der Waals surface area (Å²) in [6, 6.07) is 11.3. The number of carbonyl (C=O) groups is 1. The minimum Gasteiger partial charge on any atom is -0.461 e. The molecule has 0 N–H and O–H groups in total. The predicted octanol–water partition coefficient (Wildman–Crippen LogP) is 6.51. The first-order valence-electron chi connectivity index (χ1n) is 15.6. The second kappa shape index (κ2) is 12.1. The molecule has 7 rings (SSSR count). The molecule has 3 fully saturated rings. The molecule has 4 aromatic rings. The van der Waals surface area contributed by atoms with Crippen LogP contribution < -0.4 is 9.64 Å². The highest BCUT2D eigenvalue weighted by molar-refractivity contribution is 6.37. The number of aromatic nitrogens is 2. The highest BCUT2D eigenvalue weighted by Gasteiger charge is 2.45. The average molecular weight is 643 g/mol. The summed E-state index contributed by atoms with van der Waals surface area (Å²) in [7, 11) is 0. The van der Waals surface area contributed by atoms with E-state index in [9.17, 15) is 9.18 Å². The summed E-state index contributed by atoms with van der Waals surface area (Å²) in [5.41, 5.74) is 0.676. The van der Waals surface area contributed by atoms with Gasteiger partial charge >= 0.3 is 6.01 Å².